The number of piperidine rings is 1. The number of amides is 1. The number of hydrogen-bond acceptors (Lipinski definition) is 5. The summed E-state index contributed by atoms with van der Waals surface area (Å²) in [5.74, 6) is -0.216. The summed E-state index contributed by atoms with van der Waals surface area (Å²) in [4.78, 5) is 16.1. The molecule has 1 saturated heterocycles. The number of nitrogens with zero attached hydrogens (tertiary/aromatic N) is 4. The van der Waals surface area contributed by atoms with Crippen molar-refractivity contribution >= 4 is 26.8 Å². The second-order valence-electron chi connectivity index (χ2n) is 10.1. The average molecular weight is 548 g/mol. The zero-order chi connectivity index (χ0) is 27.4. The van der Waals surface area contributed by atoms with Crippen LogP contribution in [0.2, 0.25) is 0 Å². The molecule has 2 aliphatic rings. The number of carbonyl (C=O) groups is 1. The van der Waals surface area contributed by atoms with Crippen LogP contribution < -0.4 is 5.32 Å². The summed E-state index contributed by atoms with van der Waals surface area (Å²) < 4.78 is 28.9. The molecule has 39 heavy (non-hydrogen) atoms. The lowest BCUT2D eigenvalue weighted by Gasteiger charge is -2.32. The number of fused-ring (bicyclic) bond motifs is 1. The van der Waals surface area contributed by atoms with Crippen molar-refractivity contribution in [1.29, 1.82) is 0 Å². The molecule has 5 rings (SSSR count). The van der Waals surface area contributed by atoms with Crippen molar-refractivity contribution in [3.63, 3.8) is 0 Å². The van der Waals surface area contributed by atoms with Crippen LogP contribution in [0.1, 0.15) is 62.0 Å². The monoisotopic (exact) mass is 547 g/mol. The van der Waals surface area contributed by atoms with Crippen LogP contribution in [-0.2, 0) is 16.6 Å². The van der Waals surface area contributed by atoms with Gasteiger partial charge in [0.25, 0.3) is 5.91 Å². The number of allylic oxidation sites excluding steroid dienone is 4. The van der Waals surface area contributed by atoms with E-state index in [9.17, 15) is 13.2 Å². The highest BCUT2D eigenvalue weighted by molar-refractivity contribution is 7.89. The summed E-state index contributed by atoms with van der Waals surface area (Å²) in [7, 11) is -3.51. The molecule has 0 radical (unpaired) electrons. The quantitative estimate of drug-likeness (QED) is 0.412. The number of sulfonamides is 1. The van der Waals surface area contributed by atoms with Gasteiger partial charge in [-0.25, -0.2) is 8.42 Å². The maximum Gasteiger partial charge on any atom is 0.276 e. The Hall–Kier alpha value is -3.43. The molecule has 2 aromatic carbocycles. The molecule has 0 bridgehead atoms. The van der Waals surface area contributed by atoms with Gasteiger partial charge in [0.2, 0.25) is 10.0 Å². The lowest BCUT2D eigenvalue weighted by molar-refractivity contribution is 0.0960. The normalized spacial score (nSPS) is 16.3. The summed E-state index contributed by atoms with van der Waals surface area (Å²) in [6.45, 7) is 7.19. The van der Waals surface area contributed by atoms with Crippen molar-refractivity contribution in [2.75, 3.05) is 26.2 Å². The topological polar surface area (TPSA) is 87.5 Å². The van der Waals surface area contributed by atoms with E-state index in [0.717, 1.165) is 48.1 Å². The highest BCUT2D eigenvalue weighted by atomic mass is 32.2. The van der Waals surface area contributed by atoms with E-state index in [1.165, 1.54) is 29.3 Å². The number of nitrogens with one attached hydrogen (secondary N) is 1. The molecule has 0 atom stereocenters. The second-order valence-corrected chi connectivity index (χ2v) is 12.0. The van der Waals surface area contributed by atoms with E-state index < -0.39 is 10.0 Å². The fourth-order valence-corrected chi connectivity index (χ4v) is 6.91. The van der Waals surface area contributed by atoms with Crippen molar-refractivity contribution in [2.24, 2.45) is 0 Å². The van der Waals surface area contributed by atoms with Crippen LogP contribution in [0.15, 0.2) is 77.0 Å². The van der Waals surface area contributed by atoms with Gasteiger partial charge in [-0.05, 0) is 68.0 Å². The first-order chi connectivity index (χ1) is 18.9. The first kappa shape index (κ1) is 27.1. The minimum Gasteiger partial charge on any atom is -0.375 e. The zero-order valence-electron chi connectivity index (χ0n) is 22.8. The van der Waals surface area contributed by atoms with Gasteiger partial charge < -0.3 is 10.2 Å². The van der Waals surface area contributed by atoms with Crippen LogP contribution in [0, 0.1) is 0 Å². The lowest BCUT2D eigenvalue weighted by atomic mass is 10.0. The van der Waals surface area contributed by atoms with Gasteiger partial charge in [0, 0.05) is 43.0 Å². The van der Waals surface area contributed by atoms with Gasteiger partial charge in [0.1, 0.15) is 0 Å². The Morgan fingerprint density at radius 1 is 0.949 bits per heavy atom. The first-order valence-electron chi connectivity index (χ1n) is 13.9. The van der Waals surface area contributed by atoms with Gasteiger partial charge in [-0.2, -0.15) is 9.40 Å². The average Bonchev–Trinajstić information content (AvgIpc) is 3.33. The van der Waals surface area contributed by atoms with E-state index in [1.54, 1.807) is 12.1 Å². The number of hydrogen-bond donors (Lipinski definition) is 1. The van der Waals surface area contributed by atoms with Crippen LogP contribution in [0.5, 0.6) is 0 Å². The molecule has 9 heteroatoms. The van der Waals surface area contributed by atoms with E-state index in [1.807, 2.05) is 61.0 Å². The zero-order valence-corrected chi connectivity index (χ0v) is 23.6. The van der Waals surface area contributed by atoms with E-state index in [-0.39, 0.29) is 10.8 Å². The highest BCUT2D eigenvalue weighted by Crippen LogP contribution is 2.25. The molecule has 1 N–H and O–H groups in total. The summed E-state index contributed by atoms with van der Waals surface area (Å²) >= 11 is 0. The summed E-state index contributed by atoms with van der Waals surface area (Å²) in [5.41, 5.74) is 4.41. The highest BCUT2D eigenvalue weighted by Gasteiger charge is 2.23. The Morgan fingerprint density at radius 2 is 1.67 bits per heavy atom. The largest absolute Gasteiger partial charge is 0.375 e. The predicted octanol–water partition coefficient (Wildman–Crippen LogP) is 4.89. The Balaban J connectivity index is 1.33. The van der Waals surface area contributed by atoms with E-state index in [4.69, 9.17) is 5.10 Å². The molecule has 0 unspecified atom stereocenters. The Bertz CT molecular complexity index is 1500. The van der Waals surface area contributed by atoms with Crippen LogP contribution in [-0.4, -0.2) is 59.5 Å². The molecule has 2 heterocycles. The van der Waals surface area contributed by atoms with Gasteiger partial charge in [-0.15, -0.1) is 0 Å². The van der Waals surface area contributed by atoms with Crippen molar-refractivity contribution < 1.29 is 13.2 Å². The molecular weight excluding hydrogens is 510 g/mol. The molecule has 0 saturated carbocycles. The van der Waals surface area contributed by atoms with Crippen molar-refractivity contribution in [3.05, 3.63) is 83.3 Å². The summed E-state index contributed by atoms with van der Waals surface area (Å²) in [5, 5.41) is 8.57. The predicted molar refractivity (Wildman–Crippen MR) is 154 cm³/mol. The Labute approximate surface area is 231 Å². The SMILES string of the molecule is CCN(CC)S(=O)(=O)c1ccc(Cn2nc(C(=O)NC3=CC=C(N4CCCCC4)CC3)c3ccccc32)cc1. The van der Waals surface area contributed by atoms with Gasteiger partial charge in [0.15, 0.2) is 5.69 Å². The summed E-state index contributed by atoms with van der Waals surface area (Å²) in [6, 6.07) is 14.6. The number of aromatic nitrogens is 2. The standard InChI is InChI=1S/C30H37N5O3S/c1-3-34(4-2)39(37,38)26-18-12-23(13-19-26)22-35-28-11-7-6-10-27(28)29(32-35)30(36)31-24-14-16-25(17-15-24)33-20-8-5-9-21-33/h6-7,10-14,16,18-19H,3-5,8-9,15,17,20-22H2,1-2H3,(H,31,36). The minimum atomic E-state index is -3.51. The lowest BCUT2D eigenvalue weighted by Crippen LogP contribution is -2.31. The second kappa shape index (κ2) is 11.8. The molecule has 1 fully saturated rings. The molecule has 206 valence electrons. The fraction of sp³-hybridized carbons (Fsp3) is 0.400. The van der Waals surface area contributed by atoms with Crippen molar-refractivity contribution in [3.8, 4) is 0 Å². The minimum absolute atomic E-state index is 0.216. The molecular formula is C30H37N5O3S. The number of para-hydroxylation sites is 1. The van der Waals surface area contributed by atoms with Crippen molar-refractivity contribution in [2.45, 2.75) is 57.4 Å². The number of benzene rings is 2. The molecule has 1 amide bonds. The third kappa shape index (κ3) is 5.79. The molecule has 1 aliphatic heterocycles. The van der Waals surface area contributed by atoms with Crippen LogP contribution in [0.3, 0.4) is 0 Å². The summed E-state index contributed by atoms with van der Waals surface area (Å²) in [6.07, 6.45) is 9.71. The van der Waals surface area contributed by atoms with E-state index in [2.05, 4.69) is 16.3 Å². The molecule has 1 aliphatic carbocycles. The van der Waals surface area contributed by atoms with Gasteiger partial charge in [-0.1, -0.05) is 44.2 Å². The van der Waals surface area contributed by atoms with Crippen LogP contribution >= 0.6 is 0 Å². The maximum absolute atomic E-state index is 13.3. The van der Waals surface area contributed by atoms with Gasteiger partial charge in [0.05, 0.1) is 17.0 Å². The first-order valence-corrected chi connectivity index (χ1v) is 15.4. The van der Waals surface area contributed by atoms with Gasteiger partial charge in [-0.3, -0.25) is 9.48 Å². The van der Waals surface area contributed by atoms with Crippen LogP contribution in [0.4, 0.5) is 0 Å². The number of rotatable bonds is 9. The number of likely N-dealkylation sites (tertiary alicyclic amines) is 1. The fourth-order valence-electron chi connectivity index (χ4n) is 5.45. The number of carbonyl (C=O) groups excluding carboxylic acids is 1. The molecule has 8 nitrogen and oxygen atoms in total. The molecule has 0 spiro atoms. The van der Waals surface area contributed by atoms with Crippen LogP contribution in [0.25, 0.3) is 10.9 Å². The molecule has 1 aromatic heterocycles. The van der Waals surface area contributed by atoms with Crippen molar-refractivity contribution in [1.82, 2.24) is 24.3 Å². The maximum atomic E-state index is 13.3. The van der Waals surface area contributed by atoms with Gasteiger partial charge >= 0.3 is 0 Å². The Kier molecular flexibility index (Phi) is 8.18. The smallest absolute Gasteiger partial charge is 0.276 e. The van der Waals surface area contributed by atoms with E-state index >= 15 is 0 Å². The Morgan fingerprint density at radius 3 is 2.33 bits per heavy atom. The third-order valence-corrected chi connectivity index (χ3v) is 9.70. The van der Waals surface area contributed by atoms with E-state index in [0.29, 0.717) is 25.3 Å². The molecule has 3 aromatic rings. The third-order valence-electron chi connectivity index (χ3n) is 7.64.